The molecule has 0 radical (unpaired) electrons. The van der Waals surface area contributed by atoms with Crippen molar-refractivity contribution >= 4 is 22.8 Å². The molecule has 1 aliphatic rings. The molecule has 0 saturated carbocycles. The summed E-state index contributed by atoms with van der Waals surface area (Å²) < 4.78 is 1.38. The molecule has 1 fully saturated rings. The number of aryl methyl sites for hydroxylation is 1. The Labute approximate surface area is 143 Å². The van der Waals surface area contributed by atoms with E-state index in [0.717, 1.165) is 0 Å². The van der Waals surface area contributed by atoms with E-state index in [2.05, 4.69) is 15.6 Å². The third-order valence-corrected chi connectivity index (χ3v) is 4.35. The van der Waals surface area contributed by atoms with Crippen LogP contribution in [0.3, 0.4) is 0 Å². The zero-order valence-corrected chi connectivity index (χ0v) is 13.9. The molecule has 3 rings (SSSR count). The van der Waals surface area contributed by atoms with Crippen LogP contribution in [-0.2, 0) is 22.6 Å². The number of carbonyl (C=O) groups excluding carboxylic acids is 1. The van der Waals surface area contributed by atoms with Gasteiger partial charge in [0.05, 0.1) is 10.9 Å². The number of fused-ring (bicyclic) bond motifs is 1. The number of aromatic nitrogens is 2. The van der Waals surface area contributed by atoms with Crippen LogP contribution in [0.5, 0.6) is 0 Å². The van der Waals surface area contributed by atoms with Crippen molar-refractivity contribution < 1.29 is 14.7 Å². The summed E-state index contributed by atoms with van der Waals surface area (Å²) in [6, 6.07) is 6.13. The lowest BCUT2D eigenvalue weighted by Gasteiger charge is -2.15. The van der Waals surface area contributed by atoms with Crippen LogP contribution in [0.1, 0.15) is 19.2 Å². The van der Waals surface area contributed by atoms with Gasteiger partial charge in [0.25, 0.3) is 5.56 Å². The van der Waals surface area contributed by atoms with Gasteiger partial charge in [0.15, 0.2) is 0 Å². The number of para-hydroxylation sites is 1. The molecule has 0 unspecified atom stereocenters. The average molecular weight is 344 g/mol. The number of rotatable bonds is 5. The summed E-state index contributed by atoms with van der Waals surface area (Å²) in [6.45, 7) is 2.14. The summed E-state index contributed by atoms with van der Waals surface area (Å²) in [5.41, 5.74) is 0.371. The molecular formula is C17H20N4O4. The van der Waals surface area contributed by atoms with Gasteiger partial charge in [0.1, 0.15) is 18.4 Å². The Morgan fingerprint density at radius 3 is 2.84 bits per heavy atom. The lowest BCUT2D eigenvalue weighted by Crippen LogP contribution is -2.40. The van der Waals surface area contributed by atoms with E-state index >= 15 is 0 Å². The van der Waals surface area contributed by atoms with Crippen LogP contribution >= 0.6 is 0 Å². The number of carbonyl (C=O) groups is 2. The van der Waals surface area contributed by atoms with Gasteiger partial charge in [0, 0.05) is 19.0 Å². The van der Waals surface area contributed by atoms with Crippen molar-refractivity contribution in [3.05, 3.63) is 40.4 Å². The molecule has 2 atom stereocenters. The summed E-state index contributed by atoms with van der Waals surface area (Å²) in [7, 11) is 0. The molecule has 1 aromatic heterocycles. The second kappa shape index (κ2) is 7.02. The third-order valence-electron chi connectivity index (χ3n) is 4.35. The smallest absolute Gasteiger partial charge is 0.320 e. The number of hydrogen-bond acceptors (Lipinski definition) is 5. The molecule has 25 heavy (non-hydrogen) atoms. The minimum atomic E-state index is -0.931. The lowest BCUT2D eigenvalue weighted by atomic mass is 10.2. The van der Waals surface area contributed by atoms with E-state index in [4.69, 9.17) is 5.11 Å². The Kier molecular flexibility index (Phi) is 4.80. The number of carboxylic acid groups (broad SMARTS) is 1. The molecule has 2 heterocycles. The maximum absolute atomic E-state index is 12.7. The minimum Gasteiger partial charge on any atom is -0.480 e. The first-order valence-electron chi connectivity index (χ1n) is 8.23. The Bertz CT molecular complexity index is 877. The van der Waals surface area contributed by atoms with Gasteiger partial charge in [-0.05, 0) is 18.6 Å². The predicted octanol–water partition coefficient (Wildman–Crippen LogP) is -0.110. The van der Waals surface area contributed by atoms with Gasteiger partial charge in [-0.2, -0.15) is 0 Å². The molecule has 1 saturated heterocycles. The van der Waals surface area contributed by atoms with Crippen molar-refractivity contribution in [2.75, 3.05) is 6.54 Å². The molecule has 0 spiro atoms. The van der Waals surface area contributed by atoms with Gasteiger partial charge in [-0.3, -0.25) is 19.0 Å². The van der Waals surface area contributed by atoms with E-state index in [9.17, 15) is 14.4 Å². The maximum atomic E-state index is 12.7. The average Bonchev–Trinajstić information content (AvgIpc) is 3.06. The Hall–Kier alpha value is -2.74. The van der Waals surface area contributed by atoms with Crippen LogP contribution < -0.4 is 16.2 Å². The number of aliphatic carboxylic acids is 1. The maximum Gasteiger partial charge on any atom is 0.320 e. The van der Waals surface area contributed by atoms with Crippen LogP contribution in [0, 0.1) is 0 Å². The van der Waals surface area contributed by atoms with Gasteiger partial charge in [-0.25, -0.2) is 4.98 Å². The van der Waals surface area contributed by atoms with Crippen LogP contribution in [0.2, 0.25) is 0 Å². The number of carboxylic acids is 1. The Morgan fingerprint density at radius 1 is 1.40 bits per heavy atom. The fraction of sp³-hybridized carbons (Fsp3) is 0.412. The molecule has 3 N–H and O–H groups in total. The largest absolute Gasteiger partial charge is 0.480 e. The summed E-state index contributed by atoms with van der Waals surface area (Å²) in [5.74, 6) is -0.710. The highest BCUT2D eigenvalue weighted by molar-refractivity contribution is 5.80. The summed E-state index contributed by atoms with van der Waals surface area (Å²) in [6.07, 6.45) is 0.853. The minimum absolute atomic E-state index is 0.131. The first-order valence-corrected chi connectivity index (χ1v) is 8.23. The van der Waals surface area contributed by atoms with Crippen molar-refractivity contribution in [1.82, 2.24) is 20.2 Å². The van der Waals surface area contributed by atoms with Gasteiger partial charge in [0.2, 0.25) is 5.91 Å². The topological polar surface area (TPSA) is 113 Å². The number of benzene rings is 1. The molecular weight excluding hydrogens is 324 g/mol. The molecule has 1 aliphatic heterocycles. The number of nitrogens with one attached hydrogen (secondary N) is 2. The number of hydrogen-bond donors (Lipinski definition) is 3. The molecule has 8 nitrogen and oxygen atoms in total. The van der Waals surface area contributed by atoms with Crippen molar-refractivity contribution in [3.8, 4) is 0 Å². The molecule has 1 amide bonds. The van der Waals surface area contributed by atoms with Gasteiger partial charge < -0.3 is 15.7 Å². The quantitative estimate of drug-likeness (QED) is 0.697. The van der Waals surface area contributed by atoms with Crippen LogP contribution in [-0.4, -0.2) is 45.2 Å². The monoisotopic (exact) mass is 344 g/mol. The van der Waals surface area contributed by atoms with E-state index in [0.29, 0.717) is 36.1 Å². The SMILES string of the molecule is CCc1nc2ccccc2c(=O)n1CC(=O)N[C@@H]1CN[C@H](C(=O)O)C1. The second-order valence-corrected chi connectivity index (χ2v) is 6.09. The first-order chi connectivity index (χ1) is 12.0. The summed E-state index contributed by atoms with van der Waals surface area (Å²) in [5, 5.41) is 15.1. The van der Waals surface area contributed by atoms with Gasteiger partial charge in [-0.15, -0.1) is 0 Å². The lowest BCUT2D eigenvalue weighted by molar-refractivity contribution is -0.139. The number of amides is 1. The Morgan fingerprint density at radius 2 is 2.16 bits per heavy atom. The highest BCUT2D eigenvalue weighted by Gasteiger charge is 2.30. The predicted molar refractivity (Wildman–Crippen MR) is 91.4 cm³/mol. The van der Waals surface area contributed by atoms with E-state index in [1.54, 1.807) is 18.2 Å². The third kappa shape index (κ3) is 3.53. The standard InChI is InChI=1S/C17H20N4O4/c1-2-14-20-12-6-4-3-5-11(12)16(23)21(14)9-15(22)19-10-7-13(17(24)25)18-8-10/h3-6,10,13,18H,2,7-9H2,1H3,(H,19,22)(H,24,25)/t10-,13-/m0/s1. The zero-order chi connectivity index (χ0) is 18.0. The molecule has 132 valence electrons. The van der Waals surface area contributed by atoms with Gasteiger partial charge >= 0.3 is 5.97 Å². The van der Waals surface area contributed by atoms with Crippen molar-refractivity contribution in [1.29, 1.82) is 0 Å². The van der Waals surface area contributed by atoms with Crippen LogP contribution in [0.4, 0.5) is 0 Å². The second-order valence-electron chi connectivity index (χ2n) is 6.09. The van der Waals surface area contributed by atoms with E-state index in [1.807, 2.05) is 13.0 Å². The molecule has 2 aromatic rings. The van der Waals surface area contributed by atoms with Crippen molar-refractivity contribution in [2.45, 2.75) is 38.4 Å². The first kappa shape index (κ1) is 17.1. The zero-order valence-electron chi connectivity index (χ0n) is 13.9. The molecule has 1 aromatic carbocycles. The summed E-state index contributed by atoms with van der Waals surface area (Å²) >= 11 is 0. The molecule has 8 heteroatoms. The Balaban J connectivity index is 1.78. The molecule has 0 bridgehead atoms. The van der Waals surface area contributed by atoms with E-state index in [-0.39, 0.29) is 24.1 Å². The highest BCUT2D eigenvalue weighted by Crippen LogP contribution is 2.09. The fourth-order valence-corrected chi connectivity index (χ4v) is 3.10. The van der Waals surface area contributed by atoms with Gasteiger partial charge in [-0.1, -0.05) is 19.1 Å². The number of nitrogens with zero attached hydrogens (tertiary/aromatic N) is 2. The van der Waals surface area contributed by atoms with Crippen LogP contribution in [0.25, 0.3) is 10.9 Å². The van der Waals surface area contributed by atoms with Crippen molar-refractivity contribution in [3.63, 3.8) is 0 Å². The van der Waals surface area contributed by atoms with E-state index < -0.39 is 12.0 Å². The highest BCUT2D eigenvalue weighted by atomic mass is 16.4. The molecule has 0 aliphatic carbocycles. The normalized spacial score (nSPS) is 19.9. The van der Waals surface area contributed by atoms with Crippen LogP contribution in [0.15, 0.2) is 29.1 Å². The fourth-order valence-electron chi connectivity index (χ4n) is 3.10. The van der Waals surface area contributed by atoms with Crippen molar-refractivity contribution in [2.24, 2.45) is 0 Å². The van der Waals surface area contributed by atoms with E-state index in [1.165, 1.54) is 4.57 Å². The summed E-state index contributed by atoms with van der Waals surface area (Å²) in [4.78, 5) is 40.4.